The highest BCUT2D eigenvalue weighted by molar-refractivity contribution is 7.88. The van der Waals surface area contributed by atoms with Gasteiger partial charge in [0.2, 0.25) is 0 Å². The van der Waals surface area contributed by atoms with Gasteiger partial charge in [0.25, 0.3) is 0 Å². The molecule has 8 heteroatoms. The maximum Gasteiger partial charge on any atom is 0.422 e. The van der Waals surface area contributed by atoms with Crippen molar-refractivity contribution in [3.8, 4) is 0 Å². The van der Waals surface area contributed by atoms with E-state index in [2.05, 4.69) is 6.07 Å². The van der Waals surface area contributed by atoms with Crippen LogP contribution in [0.25, 0.3) is 0 Å². The molecule has 0 bridgehead atoms. The average Bonchev–Trinajstić information content (AvgIpc) is 2.24. The molecule has 0 fully saturated rings. The van der Waals surface area contributed by atoms with Crippen LogP contribution in [0, 0.1) is 11.9 Å². The van der Waals surface area contributed by atoms with Crippen LogP contribution in [-0.4, -0.2) is 20.1 Å². The molecular formula is C12H16FN2O4S. The van der Waals surface area contributed by atoms with Gasteiger partial charge in [0.15, 0.2) is 0 Å². The molecule has 0 atom stereocenters. The van der Waals surface area contributed by atoms with Gasteiger partial charge >= 0.3 is 16.3 Å². The summed E-state index contributed by atoms with van der Waals surface area (Å²) in [6.45, 7) is 4.49. The van der Waals surface area contributed by atoms with E-state index in [-0.39, 0.29) is 12.1 Å². The second-order valence-corrected chi connectivity index (χ2v) is 6.44. The van der Waals surface area contributed by atoms with Crippen LogP contribution >= 0.6 is 0 Å². The summed E-state index contributed by atoms with van der Waals surface area (Å²) in [7, 11) is -4.12. The number of rotatable bonds is 4. The summed E-state index contributed by atoms with van der Waals surface area (Å²) in [6, 6.07) is 6.59. The molecule has 1 rings (SSSR count). The molecular weight excluding hydrogens is 287 g/mol. The summed E-state index contributed by atoms with van der Waals surface area (Å²) >= 11 is 0. The van der Waals surface area contributed by atoms with E-state index in [4.69, 9.17) is 4.74 Å². The van der Waals surface area contributed by atoms with Gasteiger partial charge in [0.1, 0.15) is 11.4 Å². The first-order chi connectivity index (χ1) is 9.09. The van der Waals surface area contributed by atoms with E-state index >= 15 is 0 Å². The van der Waals surface area contributed by atoms with E-state index in [0.717, 1.165) is 0 Å². The summed E-state index contributed by atoms with van der Waals surface area (Å²) in [6.07, 6.45) is -1.11. The number of carbonyl (C=O) groups is 1. The molecule has 1 aromatic rings. The number of halogens is 1. The molecule has 0 saturated heterocycles. The van der Waals surface area contributed by atoms with E-state index in [1.807, 2.05) is 4.72 Å². The first kappa shape index (κ1) is 16.4. The van der Waals surface area contributed by atoms with Crippen LogP contribution in [0.4, 0.5) is 9.18 Å². The maximum absolute atomic E-state index is 13.2. The minimum Gasteiger partial charge on any atom is -0.443 e. The summed E-state index contributed by atoms with van der Waals surface area (Å²) < 4.78 is 44.9. The normalized spacial score (nSPS) is 12.0. The zero-order chi connectivity index (χ0) is 15.4. The van der Waals surface area contributed by atoms with Gasteiger partial charge in [-0.05, 0) is 20.8 Å². The van der Waals surface area contributed by atoms with E-state index < -0.39 is 27.7 Å². The number of hydrogen-bond acceptors (Lipinski definition) is 4. The van der Waals surface area contributed by atoms with Crippen LogP contribution < -0.4 is 9.44 Å². The second-order valence-electron chi connectivity index (χ2n) is 4.94. The fourth-order valence-corrected chi connectivity index (χ4v) is 1.88. The molecule has 0 aliphatic heterocycles. The topological polar surface area (TPSA) is 84.5 Å². The molecule has 20 heavy (non-hydrogen) atoms. The van der Waals surface area contributed by atoms with Crippen molar-refractivity contribution in [3.05, 3.63) is 35.6 Å². The Bertz CT molecular complexity index is 581. The highest BCUT2D eigenvalue weighted by atomic mass is 32.2. The van der Waals surface area contributed by atoms with Crippen molar-refractivity contribution in [2.45, 2.75) is 32.9 Å². The average molecular weight is 303 g/mol. The molecule has 1 aromatic carbocycles. The van der Waals surface area contributed by atoms with Crippen molar-refractivity contribution in [2.75, 3.05) is 0 Å². The van der Waals surface area contributed by atoms with Crippen molar-refractivity contribution in [2.24, 2.45) is 0 Å². The van der Waals surface area contributed by atoms with Crippen molar-refractivity contribution in [1.29, 1.82) is 0 Å². The van der Waals surface area contributed by atoms with Gasteiger partial charge in [0, 0.05) is 18.2 Å². The minimum absolute atomic E-state index is 0.113. The minimum atomic E-state index is -4.12. The highest BCUT2D eigenvalue weighted by Crippen LogP contribution is 2.07. The third-order valence-corrected chi connectivity index (χ3v) is 2.91. The van der Waals surface area contributed by atoms with E-state index in [9.17, 15) is 17.6 Å². The maximum atomic E-state index is 13.2. The monoisotopic (exact) mass is 303 g/mol. The van der Waals surface area contributed by atoms with Crippen molar-refractivity contribution >= 4 is 16.3 Å². The SMILES string of the molecule is CC(C)(C)OC(=O)NS(=O)(=O)NCc1ccc[c]c1F. The van der Waals surface area contributed by atoms with Crippen molar-refractivity contribution in [1.82, 2.24) is 9.44 Å². The lowest BCUT2D eigenvalue weighted by Gasteiger charge is -2.19. The number of amides is 1. The standard InChI is InChI=1S/C12H16FN2O4S/c1-12(2,3)19-11(16)15-20(17,18)14-8-9-6-4-5-7-10(9)13/h4-6,14H,8H2,1-3H3,(H,15,16). The largest absolute Gasteiger partial charge is 0.443 e. The molecule has 0 saturated carbocycles. The third kappa shape index (κ3) is 5.98. The molecule has 6 nitrogen and oxygen atoms in total. The summed E-state index contributed by atoms with van der Waals surface area (Å²) in [4.78, 5) is 11.3. The van der Waals surface area contributed by atoms with Crippen molar-refractivity contribution in [3.63, 3.8) is 0 Å². The molecule has 0 aromatic heterocycles. The Morgan fingerprint density at radius 3 is 2.65 bits per heavy atom. The zero-order valence-electron chi connectivity index (χ0n) is 11.4. The van der Waals surface area contributed by atoms with Crippen LogP contribution in [0.5, 0.6) is 0 Å². The predicted molar refractivity (Wildman–Crippen MR) is 70.4 cm³/mol. The Morgan fingerprint density at radius 2 is 2.10 bits per heavy atom. The van der Waals surface area contributed by atoms with Gasteiger partial charge in [0.05, 0.1) is 0 Å². The fraction of sp³-hybridized carbons (Fsp3) is 0.417. The van der Waals surface area contributed by atoms with Gasteiger partial charge in [-0.2, -0.15) is 13.1 Å². The van der Waals surface area contributed by atoms with Gasteiger partial charge in [-0.3, -0.25) is 0 Å². The zero-order valence-corrected chi connectivity index (χ0v) is 12.2. The molecule has 1 amide bonds. The lowest BCUT2D eigenvalue weighted by atomic mass is 10.2. The van der Waals surface area contributed by atoms with E-state index in [0.29, 0.717) is 0 Å². The number of hydrogen-bond donors (Lipinski definition) is 2. The molecule has 0 aliphatic carbocycles. The van der Waals surface area contributed by atoms with Gasteiger partial charge < -0.3 is 4.74 Å². The van der Waals surface area contributed by atoms with Crippen LogP contribution in [0.2, 0.25) is 0 Å². The van der Waals surface area contributed by atoms with Crippen LogP contribution in [0.15, 0.2) is 18.2 Å². The van der Waals surface area contributed by atoms with Crippen LogP contribution in [-0.2, 0) is 21.5 Å². The summed E-state index contributed by atoms with van der Waals surface area (Å²) in [5.41, 5.74) is -0.706. The summed E-state index contributed by atoms with van der Waals surface area (Å²) in [5, 5.41) is 0. The molecule has 111 valence electrons. The first-order valence-corrected chi connectivity index (χ1v) is 7.23. The lowest BCUT2D eigenvalue weighted by molar-refractivity contribution is 0.0569. The van der Waals surface area contributed by atoms with Gasteiger partial charge in [-0.1, -0.05) is 18.2 Å². The smallest absolute Gasteiger partial charge is 0.422 e. The third-order valence-electron chi connectivity index (χ3n) is 1.95. The van der Waals surface area contributed by atoms with Gasteiger partial charge in [-0.25, -0.2) is 13.9 Å². The molecule has 0 aliphatic rings. The Kier molecular flexibility index (Phi) is 5.07. The first-order valence-electron chi connectivity index (χ1n) is 5.74. The number of carbonyl (C=O) groups excluding carboxylic acids is 1. The summed E-state index contributed by atoms with van der Waals surface area (Å²) in [5.74, 6) is -0.660. The highest BCUT2D eigenvalue weighted by Gasteiger charge is 2.21. The molecule has 0 spiro atoms. The number of nitrogens with one attached hydrogen (secondary N) is 2. The predicted octanol–water partition coefficient (Wildman–Crippen LogP) is 1.48. The Morgan fingerprint density at radius 1 is 1.45 bits per heavy atom. The quantitative estimate of drug-likeness (QED) is 0.882. The van der Waals surface area contributed by atoms with Gasteiger partial charge in [-0.15, -0.1) is 0 Å². The number of ether oxygens (including phenoxy) is 1. The Hall–Kier alpha value is -1.67. The Labute approximate surface area is 117 Å². The van der Waals surface area contributed by atoms with Crippen LogP contribution in [0.1, 0.15) is 26.3 Å². The lowest BCUT2D eigenvalue weighted by Crippen LogP contribution is -2.42. The molecule has 1 radical (unpaired) electrons. The molecule has 0 unspecified atom stereocenters. The Balaban J connectivity index is 2.59. The fourth-order valence-electron chi connectivity index (χ4n) is 1.21. The number of benzene rings is 1. The van der Waals surface area contributed by atoms with Crippen LogP contribution in [0.3, 0.4) is 0 Å². The van der Waals surface area contributed by atoms with E-state index in [1.165, 1.54) is 18.2 Å². The van der Waals surface area contributed by atoms with E-state index in [1.54, 1.807) is 25.5 Å². The second kappa shape index (κ2) is 6.19. The molecule has 2 N–H and O–H groups in total. The van der Waals surface area contributed by atoms with Crippen molar-refractivity contribution < 1.29 is 22.3 Å². The molecule has 0 heterocycles.